The summed E-state index contributed by atoms with van der Waals surface area (Å²) < 4.78 is 5.37. The Morgan fingerprint density at radius 3 is 2.67 bits per heavy atom. The van der Waals surface area contributed by atoms with Gasteiger partial charge in [-0.2, -0.15) is 0 Å². The predicted octanol–water partition coefficient (Wildman–Crippen LogP) is 4.96. The number of halogens is 3. The van der Waals surface area contributed by atoms with Crippen LogP contribution >= 0.6 is 46.1 Å². The molecular formula is C14H12Cl3NO2S. The molecule has 0 aliphatic carbocycles. The molecule has 1 heterocycles. The molecule has 1 N–H and O–H groups in total. The van der Waals surface area contributed by atoms with E-state index in [4.69, 9.17) is 39.5 Å². The molecule has 0 radical (unpaired) electrons. The monoisotopic (exact) mass is 363 g/mol. The summed E-state index contributed by atoms with van der Waals surface area (Å²) in [6, 6.07) is 6.81. The number of carbonyl (C=O) groups excluding carboxylic acids is 1. The third kappa shape index (κ3) is 4.51. The van der Waals surface area contributed by atoms with E-state index < -0.39 is 0 Å². The number of carbonyl (C=O) groups is 1. The second-order valence-electron chi connectivity index (χ2n) is 4.29. The molecule has 112 valence electrons. The minimum absolute atomic E-state index is 0.0645. The van der Waals surface area contributed by atoms with Gasteiger partial charge in [0.1, 0.15) is 5.75 Å². The minimum atomic E-state index is -0.238. The van der Waals surface area contributed by atoms with Gasteiger partial charge in [-0.15, -0.1) is 11.3 Å². The number of ether oxygens (including phenoxy) is 1. The number of hydrogen-bond donors (Lipinski definition) is 1. The van der Waals surface area contributed by atoms with E-state index in [1.165, 1.54) is 12.1 Å². The summed E-state index contributed by atoms with van der Waals surface area (Å²) in [6.07, 6.45) is 0. The zero-order valence-electron chi connectivity index (χ0n) is 11.0. The fourth-order valence-electron chi connectivity index (χ4n) is 1.65. The Balaban J connectivity index is 1.91. The number of hydrogen-bond acceptors (Lipinski definition) is 3. The maximum absolute atomic E-state index is 11.9. The maximum Gasteiger partial charge on any atom is 0.258 e. The SMILES string of the molecule is C[C@@H](NC(=O)COc1cc(Cl)c(Cl)cc1Cl)c1cccs1. The fraction of sp³-hybridized carbons (Fsp3) is 0.214. The van der Waals surface area contributed by atoms with Crippen LogP contribution < -0.4 is 10.1 Å². The highest BCUT2D eigenvalue weighted by atomic mass is 35.5. The molecule has 0 spiro atoms. The second kappa shape index (κ2) is 7.36. The Bertz CT molecular complexity index is 631. The van der Waals surface area contributed by atoms with Gasteiger partial charge < -0.3 is 10.1 Å². The summed E-state index contributed by atoms with van der Waals surface area (Å²) in [5, 5.41) is 5.77. The molecule has 0 aliphatic rings. The van der Waals surface area contributed by atoms with Crippen LogP contribution in [0.5, 0.6) is 5.75 Å². The van der Waals surface area contributed by atoms with Gasteiger partial charge in [0.05, 0.1) is 21.1 Å². The lowest BCUT2D eigenvalue weighted by Gasteiger charge is -2.13. The Morgan fingerprint density at radius 1 is 1.29 bits per heavy atom. The highest BCUT2D eigenvalue weighted by molar-refractivity contribution is 7.10. The zero-order chi connectivity index (χ0) is 15.4. The molecule has 7 heteroatoms. The largest absolute Gasteiger partial charge is 0.482 e. The van der Waals surface area contributed by atoms with Crippen LogP contribution in [0.4, 0.5) is 0 Å². The van der Waals surface area contributed by atoms with E-state index in [0.29, 0.717) is 20.8 Å². The number of thiophene rings is 1. The number of benzene rings is 1. The zero-order valence-corrected chi connectivity index (χ0v) is 14.1. The van der Waals surface area contributed by atoms with E-state index in [1.807, 2.05) is 24.4 Å². The molecule has 3 nitrogen and oxygen atoms in total. The molecular weight excluding hydrogens is 353 g/mol. The van der Waals surface area contributed by atoms with Crippen molar-refractivity contribution in [2.75, 3.05) is 6.61 Å². The molecule has 1 aromatic heterocycles. The average molecular weight is 365 g/mol. The van der Waals surface area contributed by atoms with Gasteiger partial charge in [0.25, 0.3) is 5.91 Å². The summed E-state index contributed by atoms with van der Waals surface area (Å²) in [4.78, 5) is 12.9. The van der Waals surface area contributed by atoms with E-state index in [-0.39, 0.29) is 18.6 Å². The lowest BCUT2D eigenvalue weighted by atomic mass is 10.3. The summed E-state index contributed by atoms with van der Waals surface area (Å²) in [5.41, 5.74) is 0. The van der Waals surface area contributed by atoms with Crippen molar-refractivity contribution in [1.29, 1.82) is 0 Å². The van der Waals surface area contributed by atoms with Crippen molar-refractivity contribution in [2.45, 2.75) is 13.0 Å². The first-order valence-corrected chi connectivity index (χ1v) is 8.09. The second-order valence-corrected chi connectivity index (χ2v) is 6.49. The molecule has 2 aromatic rings. The Kier molecular flexibility index (Phi) is 5.76. The van der Waals surface area contributed by atoms with Gasteiger partial charge in [0.2, 0.25) is 0 Å². The minimum Gasteiger partial charge on any atom is -0.482 e. The summed E-state index contributed by atoms with van der Waals surface area (Å²) >= 11 is 19.3. The summed E-state index contributed by atoms with van der Waals surface area (Å²) in [6.45, 7) is 1.77. The first kappa shape index (κ1) is 16.4. The smallest absolute Gasteiger partial charge is 0.258 e. The normalized spacial score (nSPS) is 12.0. The van der Waals surface area contributed by atoms with Crippen LogP contribution in [0.15, 0.2) is 29.6 Å². The third-order valence-electron chi connectivity index (χ3n) is 2.68. The Labute approximate surface area is 141 Å². The molecule has 0 aliphatic heterocycles. The lowest BCUT2D eigenvalue weighted by molar-refractivity contribution is -0.123. The molecule has 0 unspecified atom stereocenters. The van der Waals surface area contributed by atoms with Gasteiger partial charge in [-0.25, -0.2) is 0 Å². The standard InChI is InChI=1S/C14H12Cl3NO2S/c1-8(13-3-2-4-21-13)18-14(19)7-20-12-6-10(16)9(15)5-11(12)17/h2-6,8H,7H2,1H3,(H,18,19)/t8-/m1/s1. The van der Waals surface area contributed by atoms with Crippen LogP contribution in [0.25, 0.3) is 0 Å². The number of rotatable bonds is 5. The predicted molar refractivity (Wildman–Crippen MR) is 87.8 cm³/mol. The molecule has 1 aromatic carbocycles. The van der Waals surface area contributed by atoms with Crippen LogP contribution in [-0.4, -0.2) is 12.5 Å². The Hall–Kier alpha value is -0.940. The van der Waals surface area contributed by atoms with Gasteiger partial charge in [-0.1, -0.05) is 40.9 Å². The van der Waals surface area contributed by atoms with Crippen molar-refractivity contribution in [3.8, 4) is 5.75 Å². The number of amides is 1. The molecule has 0 fully saturated rings. The highest BCUT2D eigenvalue weighted by Crippen LogP contribution is 2.33. The Morgan fingerprint density at radius 2 is 2.00 bits per heavy atom. The topological polar surface area (TPSA) is 38.3 Å². The number of nitrogens with one attached hydrogen (secondary N) is 1. The lowest BCUT2D eigenvalue weighted by Crippen LogP contribution is -2.30. The molecule has 0 saturated heterocycles. The molecule has 1 atom stereocenters. The summed E-state index contributed by atoms with van der Waals surface area (Å²) in [5.74, 6) is 0.0861. The molecule has 21 heavy (non-hydrogen) atoms. The van der Waals surface area contributed by atoms with Gasteiger partial charge >= 0.3 is 0 Å². The van der Waals surface area contributed by atoms with Crippen molar-refractivity contribution in [2.24, 2.45) is 0 Å². The highest BCUT2D eigenvalue weighted by Gasteiger charge is 2.12. The quantitative estimate of drug-likeness (QED) is 0.761. The van der Waals surface area contributed by atoms with Crippen molar-refractivity contribution in [3.05, 3.63) is 49.6 Å². The average Bonchev–Trinajstić information content (AvgIpc) is 2.95. The van der Waals surface area contributed by atoms with Crippen molar-refractivity contribution in [1.82, 2.24) is 5.32 Å². The third-order valence-corrected chi connectivity index (χ3v) is 4.75. The van der Waals surface area contributed by atoms with Crippen LogP contribution in [0.1, 0.15) is 17.8 Å². The van der Waals surface area contributed by atoms with Crippen LogP contribution in [-0.2, 0) is 4.79 Å². The molecule has 0 saturated carbocycles. The molecule has 1 amide bonds. The van der Waals surface area contributed by atoms with Crippen molar-refractivity contribution >= 4 is 52.0 Å². The molecule has 0 bridgehead atoms. The van der Waals surface area contributed by atoms with Crippen molar-refractivity contribution < 1.29 is 9.53 Å². The van der Waals surface area contributed by atoms with Crippen LogP contribution in [0.3, 0.4) is 0 Å². The maximum atomic E-state index is 11.9. The van der Waals surface area contributed by atoms with Gasteiger partial charge in [-0.3, -0.25) is 4.79 Å². The van der Waals surface area contributed by atoms with E-state index in [0.717, 1.165) is 4.88 Å². The van der Waals surface area contributed by atoms with Crippen LogP contribution in [0.2, 0.25) is 15.1 Å². The fourth-order valence-corrected chi connectivity index (χ4v) is 2.98. The summed E-state index contributed by atoms with van der Waals surface area (Å²) in [7, 11) is 0. The first-order chi connectivity index (χ1) is 9.97. The van der Waals surface area contributed by atoms with E-state index in [9.17, 15) is 4.79 Å². The molecule has 2 rings (SSSR count). The van der Waals surface area contributed by atoms with E-state index in [2.05, 4.69) is 5.32 Å². The van der Waals surface area contributed by atoms with Gasteiger partial charge in [0, 0.05) is 10.9 Å². The van der Waals surface area contributed by atoms with Crippen LogP contribution in [0, 0.1) is 0 Å². The first-order valence-electron chi connectivity index (χ1n) is 6.07. The van der Waals surface area contributed by atoms with Crippen molar-refractivity contribution in [3.63, 3.8) is 0 Å². The van der Waals surface area contributed by atoms with E-state index in [1.54, 1.807) is 11.3 Å². The van der Waals surface area contributed by atoms with Gasteiger partial charge in [0.15, 0.2) is 6.61 Å². The van der Waals surface area contributed by atoms with Gasteiger partial charge in [-0.05, 0) is 24.4 Å². The van der Waals surface area contributed by atoms with E-state index >= 15 is 0 Å².